The lowest BCUT2D eigenvalue weighted by atomic mass is 9.92. The molecule has 1 saturated heterocycles. The van der Waals surface area contributed by atoms with Crippen molar-refractivity contribution in [1.29, 1.82) is 0 Å². The first-order valence-electron chi connectivity index (χ1n) is 9.30. The van der Waals surface area contributed by atoms with Crippen molar-refractivity contribution < 1.29 is 14.0 Å². The van der Waals surface area contributed by atoms with Crippen LogP contribution < -0.4 is 5.32 Å². The van der Waals surface area contributed by atoms with E-state index in [0.717, 1.165) is 37.8 Å². The van der Waals surface area contributed by atoms with Crippen LogP contribution in [0.25, 0.3) is 0 Å². The van der Waals surface area contributed by atoms with Gasteiger partial charge < -0.3 is 10.2 Å². The molecular formula is C20H27FN2O2. The molecule has 1 saturated carbocycles. The highest BCUT2D eigenvalue weighted by atomic mass is 19.1. The Morgan fingerprint density at radius 3 is 2.40 bits per heavy atom. The molecule has 2 fully saturated rings. The first-order chi connectivity index (χ1) is 12.0. The van der Waals surface area contributed by atoms with E-state index in [1.54, 1.807) is 12.1 Å². The van der Waals surface area contributed by atoms with Crippen molar-refractivity contribution in [2.24, 2.45) is 17.8 Å². The molecule has 0 radical (unpaired) electrons. The Bertz CT molecular complexity index is 625. The Balaban J connectivity index is 1.64. The number of rotatable bonds is 5. The van der Waals surface area contributed by atoms with Gasteiger partial charge in [-0.05, 0) is 49.3 Å². The molecule has 0 bridgehead atoms. The van der Waals surface area contributed by atoms with E-state index in [1.807, 2.05) is 18.7 Å². The molecule has 0 aromatic heterocycles. The van der Waals surface area contributed by atoms with Gasteiger partial charge in [0, 0.05) is 19.0 Å². The van der Waals surface area contributed by atoms with Gasteiger partial charge in [-0.2, -0.15) is 0 Å². The predicted molar refractivity (Wildman–Crippen MR) is 94.1 cm³/mol. The van der Waals surface area contributed by atoms with Crippen LogP contribution in [-0.2, 0) is 9.59 Å². The van der Waals surface area contributed by atoms with E-state index in [2.05, 4.69) is 5.32 Å². The van der Waals surface area contributed by atoms with Gasteiger partial charge in [0.2, 0.25) is 11.8 Å². The summed E-state index contributed by atoms with van der Waals surface area (Å²) in [4.78, 5) is 26.9. The van der Waals surface area contributed by atoms with Crippen molar-refractivity contribution in [2.75, 3.05) is 13.1 Å². The summed E-state index contributed by atoms with van der Waals surface area (Å²) in [6, 6.07) is 6.15. The smallest absolute Gasteiger partial charge is 0.225 e. The Kier molecular flexibility index (Phi) is 5.40. The van der Waals surface area contributed by atoms with Gasteiger partial charge in [0.15, 0.2) is 0 Å². The van der Waals surface area contributed by atoms with Crippen molar-refractivity contribution in [1.82, 2.24) is 10.2 Å². The lowest BCUT2D eigenvalue weighted by Gasteiger charge is -2.33. The van der Waals surface area contributed by atoms with Crippen LogP contribution in [0.1, 0.15) is 51.1 Å². The van der Waals surface area contributed by atoms with Crippen molar-refractivity contribution in [2.45, 2.75) is 45.6 Å². The molecule has 1 aromatic rings. The van der Waals surface area contributed by atoms with Gasteiger partial charge in [-0.15, -0.1) is 0 Å². The molecule has 1 aliphatic heterocycles. The van der Waals surface area contributed by atoms with Crippen LogP contribution >= 0.6 is 0 Å². The topological polar surface area (TPSA) is 49.4 Å². The number of hydrogen-bond donors (Lipinski definition) is 1. The molecule has 4 nitrogen and oxygen atoms in total. The summed E-state index contributed by atoms with van der Waals surface area (Å²) in [6.07, 6.45) is 3.67. The minimum absolute atomic E-state index is 0.00341. The molecular weight excluding hydrogens is 319 g/mol. The Morgan fingerprint density at radius 1 is 1.12 bits per heavy atom. The maximum absolute atomic E-state index is 13.2. The highest BCUT2D eigenvalue weighted by Crippen LogP contribution is 2.32. The molecule has 136 valence electrons. The van der Waals surface area contributed by atoms with Gasteiger partial charge in [-0.1, -0.05) is 26.0 Å². The number of piperidine rings is 1. The number of carbonyl (C=O) groups excluding carboxylic acids is 2. The maximum atomic E-state index is 13.2. The predicted octanol–water partition coefficient (Wildman–Crippen LogP) is 3.29. The first-order valence-corrected chi connectivity index (χ1v) is 9.30. The summed E-state index contributed by atoms with van der Waals surface area (Å²) in [5.74, 6) is 0.177. The van der Waals surface area contributed by atoms with Gasteiger partial charge in [-0.3, -0.25) is 9.59 Å². The lowest BCUT2D eigenvalue weighted by Crippen LogP contribution is -2.47. The standard InChI is InChI=1S/C20H27FN2O2/c1-13(2)18(14-7-9-17(21)10-8-14)22-19(24)16-4-3-11-23(12-16)20(25)15-5-6-15/h7-10,13,15-16,18H,3-6,11-12H2,1-2H3,(H,22,24)/t16-,18-/m1/s1. The third-order valence-electron chi connectivity index (χ3n) is 5.22. The van der Waals surface area contributed by atoms with E-state index >= 15 is 0 Å². The monoisotopic (exact) mass is 346 g/mol. The highest BCUT2D eigenvalue weighted by Gasteiger charge is 2.37. The molecule has 1 aliphatic carbocycles. The first kappa shape index (κ1) is 17.9. The van der Waals surface area contributed by atoms with Crippen molar-refractivity contribution in [3.05, 3.63) is 35.6 Å². The summed E-state index contributed by atoms with van der Waals surface area (Å²) in [6.45, 7) is 5.37. The summed E-state index contributed by atoms with van der Waals surface area (Å²) in [7, 11) is 0. The van der Waals surface area contributed by atoms with E-state index in [1.165, 1.54) is 12.1 Å². The van der Waals surface area contributed by atoms with Gasteiger partial charge in [-0.25, -0.2) is 4.39 Å². The highest BCUT2D eigenvalue weighted by molar-refractivity contribution is 5.83. The molecule has 2 atom stereocenters. The normalized spacial score (nSPS) is 21.9. The molecule has 1 N–H and O–H groups in total. The largest absolute Gasteiger partial charge is 0.349 e. The van der Waals surface area contributed by atoms with E-state index in [4.69, 9.17) is 0 Å². The van der Waals surface area contributed by atoms with Crippen molar-refractivity contribution >= 4 is 11.8 Å². The third-order valence-corrected chi connectivity index (χ3v) is 5.22. The number of hydrogen-bond acceptors (Lipinski definition) is 2. The maximum Gasteiger partial charge on any atom is 0.225 e. The molecule has 0 unspecified atom stereocenters. The van der Waals surface area contributed by atoms with E-state index in [9.17, 15) is 14.0 Å². The SMILES string of the molecule is CC(C)[C@@H](NC(=O)[C@@H]1CCCN(C(=O)C2CC2)C1)c1ccc(F)cc1. The second kappa shape index (κ2) is 7.54. The fraction of sp³-hybridized carbons (Fsp3) is 0.600. The van der Waals surface area contributed by atoms with Gasteiger partial charge in [0.25, 0.3) is 0 Å². The van der Waals surface area contributed by atoms with Crippen LogP contribution in [0.5, 0.6) is 0 Å². The van der Waals surface area contributed by atoms with Crippen LogP contribution in [0, 0.1) is 23.6 Å². The second-order valence-electron chi connectivity index (χ2n) is 7.68. The fourth-order valence-corrected chi connectivity index (χ4v) is 3.56. The number of nitrogens with zero attached hydrogens (tertiary/aromatic N) is 1. The molecule has 2 aliphatic rings. The van der Waals surface area contributed by atoms with Crippen LogP contribution in [0.15, 0.2) is 24.3 Å². The zero-order chi connectivity index (χ0) is 18.0. The second-order valence-corrected chi connectivity index (χ2v) is 7.68. The van der Waals surface area contributed by atoms with E-state index in [0.29, 0.717) is 6.54 Å². The Morgan fingerprint density at radius 2 is 1.80 bits per heavy atom. The van der Waals surface area contributed by atoms with Crippen LogP contribution in [-0.4, -0.2) is 29.8 Å². The van der Waals surface area contributed by atoms with Crippen molar-refractivity contribution in [3.8, 4) is 0 Å². The number of nitrogens with one attached hydrogen (secondary N) is 1. The summed E-state index contributed by atoms with van der Waals surface area (Å²) < 4.78 is 13.2. The molecule has 1 heterocycles. The average Bonchev–Trinajstić information content (AvgIpc) is 3.44. The minimum Gasteiger partial charge on any atom is -0.349 e. The number of halogens is 1. The van der Waals surface area contributed by atoms with Gasteiger partial charge >= 0.3 is 0 Å². The quantitative estimate of drug-likeness (QED) is 0.889. The molecule has 1 aromatic carbocycles. The van der Waals surface area contributed by atoms with E-state index < -0.39 is 0 Å². The number of likely N-dealkylation sites (tertiary alicyclic amines) is 1. The Labute approximate surface area is 148 Å². The van der Waals surface area contributed by atoms with Crippen LogP contribution in [0.4, 0.5) is 4.39 Å². The zero-order valence-corrected chi connectivity index (χ0v) is 15.0. The average molecular weight is 346 g/mol. The molecule has 2 amide bonds. The minimum atomic E-state index is -0.279. The van der Waals surface area contributed by atoms with Crippen molar-refractivity contribution in [3.63, 3.8) is 0 Å². The molecule has 25 heavy (non-hydrogen) atoms. The summed E-state index contributed by atoms with van der Waals surface area (Å²) in [5.41, 5.74) is 0.909. The van der Waals surface area contributed by atoms with E-state index in [-0.39, 0.29) is 41.4 Å². The number of amides is 2. The Hall–Kier alpha value is -1.91. The molecule has 0 spiro atoms. The van der Waals surface area contributed by atoms with Gasteiger partial charge in [0.05, 0.1) is 12.0 Å². The molecule has 3 rings (SSSR count). The third kappa shape index (κ3) is 4.39. The molecule has 5 heteroatoms. The summed E-state index contributed by atoms with van der Waals surface area (Å²) >= 11 is 0. The van der Waals surface area contributed by atoms with Gasteiger partial charge in [0.1, 0.15) is 5.82 Å². The zero-order valence-electron chi connectivity index (χ0n) is 15.0. The summed E-state index contributed by atoms with van der Waals surface area (Å²) in [5, 5.41) is 3.13. The number of benzene rings is 1. The fourth-order valence-electron chi connectivity index (χ4n) is 3.56. The van der Waals surface area contributed by atoms with Crippen LogP contribution in [0.3, 0.4) is 0 Å². The van der Waals surface area contributed by atoms with Crippen LogP contribution in [0.2, 0.25) is 0 Å². The lowest BCUT2D eigenvalue weighted by molar-refractivity contribution is -0.137. The number of carbonyl (C=O) groups is 2.